The molecule has 3 nitrogen and oxygen atoms in total. The summed E-state index contributed by atoms with van der Waals surface area (Å²) >= 11 is 0. The summed E-state index contributed by atoms with van der Waals surface area (Å²) in [7, 11) is 1.66. The van der Waals surface area contributed by atoms with Crippen molar-refractivity contribution in [3.8, 4) is 0 Å². The molecule has 0 saturated heterocycles. The molecule has 0 rings (SSSR count). The van der Waals surface area contributed by atoms with Gasteiger partial charge in [-0.2, -0.15) is 0 Å². The molecule has 1 N–H and O–H groups in total. The lowest BCUT2D eigenvalue weighted by Crippen LogP contribution is -2.06. The van der Waals surface area contributed by atoms with Crippen LogP contribution in [0.3, 0.4) is 0 Å². The van der Waals surface area contributed by atoms with Gasteiger partial charge in [0, 0.05) is 7.05 Å². The van der Waals surface area contributed by atoms with E-state index in [1.807, 2.05) is 0 Å². The fourth-order valence-electron chi connectivity index (χ4n) is 0.185. The van der Waals surface area contributed by atoms with Crippen LogP contribution in [0, 0.1) is 0 Å². The molecule has 0 atom stereocenters. The van der Waals surface area contributed by atoms with Crippen molar-refractivity contribution < 1.29 is 0 Å². The predicted molar refractivity (Wildman–Crippen MR) is 36.2 cm³/mol. The van der Waals surface area contributed by atoms with E-state index in [0.29, 0.717) is 5.82 Å². The van der Waals surface area contributed by atoms with Crippen molar-refractivity contribution in [2.75, 3.05) is 7.05 Å². The van der Waals surface area contributed by atoms with Crippen LogP contribution in [0.15, 0.2) is 22.4 Å². The first-order chi connectivity index (χ1) is 3.81. The lowest BCUT2D eigenvalue weighted by atomic mass is 10.8. The lowest BCUT2D eigenvalue weighted by molar-refractivity contribution is 1.12. The second kappa shape index (κ2) is 4.05. The van der Waals surface area contributed by atoms with Crippen LogP contribution in [0.2, 0.25) is 0 Å². The zero-order chi connectivity index (χ0) is 6.41. The van der Waals surface area contributed by atoms with E-state index in [1.165, 1.54) is 6.34 Å². The van der Waals surface area contributed by atoms with Crippen molar-refractivity contribution in [3.05, 3.63) is 12.4 Å². The van der Waals surface area contributed by atoms with Crippen molar-refractivity contribution in [2.24, 2.45) is 9.98 Å². The highest BCUT2D eigenvalue weighted by Crippen LogP contribution is 1.76. The van der Waals surface area contributed by atoms with Gasteiger partial charge in [-0.15, -0.1) is 0 Å². The van der Waals surface area contributed by atoms with Crippen LogP contribution < -0.4 is 5.32 Å². The van der Waals surface area contributed by atoms with Gasteiger partial charge in [0.1, 0.15) is 5.82 Å². The summed E-state index contributed by atoms with van der Waals surface area (Å²) in [6.45, 7) is 6.72. The summed E-state index contributed by atoms with van der Waals surface area (Å²) in [5.74, 6) is 0.510. The Labute approximate surface area is 48.8 Å². The van der Waals surface area contributed by atoms with Crippen molar-refractivity contribution in [1.29, 1.82) is 0 Å². The van der Waals surface area contributed by atoms with E-state index >= 15 is 0 Å². The van der Waals surface area contributed by atoms with Crippen LogP contribution in [0.5, 0.6) is 0 Å². The van der Waals surface area contributed by atoms with Gasteiger partial charge in [-0.05, 0) is 6.72 Å². The fourth-order valence-corrected chi connectivity index (χ4v) is 0.185. The minimum atomic E-state index is 0.510. The largest absolute Gasteiger partial charge is 0.332 e. The Kier molecular flexibility index (Phi) is 3.48. The SMILES string of the molecule is C=NC(=C)NC=NC. The van der Waals surface area contributed by atoms with Gasteiger partial charge in [0.05, 0.1) is 6.34 Å². The molecule has 0 unspecified atom stereocenters. The minimum Gasteiger partial charge on any atom is -0.332 e. The zero-order valence-corrected chi connectivity index (χ0v) is 4.89. The van der Waals surface area contributed by atoms with Gasteiger partial charge < -0.3 is 5.32 Å². The molecule has 0 aliphatic rings. The van der Waals surface area contributed by atoms with E-state index in [1.54, 1.807) is 7.05 Å². The Morgan fingerprint density at radius 1 is 1.75 bits per heavy atom. The number of nitrogens with zero attached hydrogens (tertiary/aromatic N) is 2. The van der Waals surface area contributed by atoms with E-state index in [2.05, 4.69) is 28.6 Å². The highest BCUT2D eigenvalue weighted by molar-refractivity contribution is 5.57. The van der Waals surface area contributed by atoms with Crippen LogP contribution in [-0.4, -0.2) is 20.1 Å². The second-order valence-electron chi connectivity index (χ2n) is 1.14. The average molecular weight is 111 g/mol. The summed E-state index contributed by atoms with van der Waals surface area (Å²) in [5.41, 5.74) is 0. The molecule has 0 fully saturated rings. The first-order valence-electron chi connectivity index (χ1n) is 2.14. The van der Waals surface area contributed by atoms with Gasteiger partial charge in [-0.1, -0.05) is 6.58 Å². The molecule has 0 aliphatic heterocycles. The molecule has 3 heteroatoms. The third-order valence-electron chi connectivity index (χ3n) is 0.551. The normalized spacial score (nSPS) is 9.12. The zero-order valence-electron chi connectivity index (χ0n) is 4.89. The van der Waals surface area contributed by atoms with Crippen molar-refractivity contribution in [1.82, 2.24) is 5.32 Å². The number of hydrogen-bond donors (Lipinski definition) is 1. The molecule has 0 heterocycles. The van der Waals surface area contributed by atoms with E-state index in [0.717, 1.165) is 0 Å². The van der Waals surface area contributed by atoms with E-state index in [4.69, 9.17) is 0 Å². The van der Waals surface area contributed by atoms with E-state index in [-0.39, 0.29) is 0 Å². The maximum absolute atomic E-state index is 3.64. The highest BCUT2D eigenvalue weighted by Gasteiger charge is 1.75. The second-order valence-corrected chi connectivity index (χ2v) is 1.14. The van der Waals surface area contributed by atoms with Gasteiger partial charge >= 0.3 is 0 Å². The Hall–Kier alpha value is -1.12. The summed E-state index contributed by atoms with van der Waals surface area (Å²) in [4.78, 5) is 7.12. The minimum absolute atomic E-state index is 0.510. The fraction of sp³-hybridized carbons (Fsp3) is 0.200. The number of aliphatic imine (C=N–C) groups is 2. The molecule has 0 aliphatic carbocycles. The third kappa shape index (κ3) is 3.08. The number of nitrogens with one attached hydrogen (secondary N) is 1. The summed E-state index contributed by atoms with van der Waals surface area (Å²) in [6.07, 6.45) is 1.50. The standard InChI is InChI=1S/C5H9N3/c1-5(7-3)8-4-6-2/h4H,1,3H2,2H3,(H,6,8). The van der Waals surface area contributed by atoms with Crippen LogP contribution in [0.4, 0.5) is 0 Å². The Bertz CT molecular complexity index is 115. The molecule has 0 amide bonds. The maximum atomic E-state index is 3.64. The van der Waals surface area contributed by atoms with Crippen LogP contribution in [0.1, 0.15) is 0 Å². The first kappa shape index (κ1) is 6.88. The molecular weight excluding hydrogens is 102 g/mol. The molecule has 0 spiro atoms. The highest BCUT2D eigenvalue weighted by atomic mass is 15.0. The summed E-state index contributed by atoms with van der Waals surface area (Å²) in [5, 5.41) is 2.67. The van der Waals surface area contributed by atoms with Crippen molar-refractivity contribution in [2.45, 2.75) is 0 Å². The number of rotatable bonds is 3. The molecule has 0 bridgehead atoms. The monoisotopic (exact) mass is 111 g/mol. The lowest BCUT2D eigenvalue weighted by Gasteiger charge is -1.92. The van der Waals surface area contributed by atoms with Gasteiger partial charge in [0.25, 0.3) is 0 Å². The Morgan fingerprint density at radius 2 is 2.38 bits per heavy atom. The predicted octanol–water partition coefficient (Wildman–Crippen LogP) is 0.406. The van der Waals surface area contributed by atoms with Gasteiger partial charge in [0.2, 0.25) is 0 Å². The van der Waals surface area contributed by atoms with Gasteiger partial charge in [0.15, 0.2) is 0 Å². The topological polar surface area (TPSA) is 36.8 Å². The molecule has 0 aromatic heterocycles. The quantitative estimate of drug-likeness (QED) is 0.415. The molecule has 0 radical (unpaired) electrons. The molecular formula is C5H9N3. The van der Waals surface area contributed by atoms with Crippen LogP contribution in [-0.2, 0) is 0 Å². The van der Waals surface area contributed by atoms with Crippen LogP contribution >= 0.6 is 0 Å². The van der Waals surface area contributed by atoms with E-state index in [9.17, 15) is 0 Å². The Morgan fingerprint density at radius 3 is 2.75 bits per heavy atom. The van der Waals surface area contributed by atoms with Gasteiger partial charge in [-0.3, -0.25) is 4.99 Å². The average Bonchev–Trinajstić information content (AvgIpc) is 1.83. The first-order valence-corrected chi connectivity index (χ1v) is 2.14. The summed E-state index contributed by atoms with van der Waals surface area (Å²) in [6, 6.07) is 0. The third-order valence-corrected chi connectivity index (χ3v) is 0.551. The van der Waals surface area contributed by atoms with Crippen LogP contribution in [0.25, 0.3) is 0 Å². The number of hydrogen-bond acceptors (Lipinski definition) is 2. The molecule has 0 saturated carbocycles. The summed E-state index contributed by atoms with van der Waals surface area (Å²) < 4.78 is 0. The molecule has 0 aromatic rings. The molecule has 8 heavy (non-hydrogen) atoms. The molecule has 0 aromatic carbocycles. The molecule has 44 valence electrons. The maximum Gasteiger partial charge on any atom is 0.122 e. The van der Waals surface area contributed by atoms with Crippen molar-refractivity contribution in [3.63, 3.8) is 0 Å². The Balaban J connectivity index is 3.39. The van der Waals surface area contributed by atoms with Crippen molar-refractivity contribution >= 4 is 13.1 Å². The van der Waals surface area contributed by atoms with Gasteiger partial charge in [-0.25, -0.2) is 4.99 Å². The smallest absolute Gasteiger partial charge is 0.122 e. The van der Waals surface area contributed by atoms with E-state index < -0.39 is 0 Å².